The van der Waals surface area contributed by atoms with E-state index < -0.39 is 5.60 Å². The van der Waals surface area contributed by atoms with E-state index in [1.165, 1.54) is 16.8 Å². The van der Waals surface area contributed by atoms with E-state index in [1.807, 2.05) is 27.7 Å². The molecule has 0 amide bonds. The monoisotopic (exact) mass is 334 g/mol. The van der Waals surface area contributed by atoms with Crippen LogP contribution in [0.2, 0.25) is 5.15 Å². The molecular weight excluding hydrogens is 316 g/mol. The van der Waals surface area contributed by atoms with Gasteiger partial charge in [-0.1, -0.05) is 23.7 Å². The third kappa shape index (κ3) is 4.42. The van der Waals surface area contributed by atoms with Crippen molar-refractivity contribution in [3.05, 3.63) is 63.0 Å². The molecule has 1 aromatic carbocycles. The molecule has 1 aromatic heterocycles. The summed E-state index contributed by atoms with van der Waals surface area (Å²) >= 11 is 5.84. The van der Waals surface area contributed by atoms with Gasteiger partial charge in [0.2, 0.25) is 0 Å². The van der Waals surface area contributed by atoms with E-state index in [0.717, 1.165) is 5.56 Å². The second kappa shape index (κ2) is 6.54. The fraction of sp³-hybridized carbons (Fsp3) is 0.353. The number of benzene rings is 1. The van der Waals surface area contributed by atoms with Crippen molar-refractivity contribution in [2.45, 2.75) is 39.3 Å². The summed E-state index contributed by atoms with van der Waals surface area (Å²) in [5.41, 5.74) is 0.524. The Morgan fingerprint density at radius 3 is 2.35 bits per heavy atom. The molecule has 0 bridgehead atoms. The molecule has 0 fully saturated rings. The van der Waals surface area contributed by atoms with Gasteiger partial charge in [-0.25, -0.2) is 9.48 Å². The van der Waals surface area contributed by atoms with Crippen LogP contribution in [0.4, 0.5) is 0 Å². The van der Waals surface area contributed by atoms with Crippen molar-refractivity contribution in [2.75, 3.05) is 0 Å². The molecule has 0 saturated heterocycles. The number of ether oxygens (including phenoxy) is 1. The van der Waals surface area contributed by atoms with Crippen molar-refractivity contribution in [3.8, 4) is 0 Å². The van der Waals surface area contributed by atoms with Gasteiger partial charge in [0.15, 0.2) is 0 Å². The van der Waals surface area contributed by atoms with Gasteiger partial charge in [-0.05, 0) is 51.5 Å². The summed E-state index contributed by atoms with van der Waals surface area (Å²) in [6.45, 7) is 7.29. The number of hydrogen-bond acceptors (Lipinski definition) is 4. The number of hydrogen-bond donors (Lipinski definition) is 0. The van der Waals surface area contributed by atoms with Gasteiger partial charge in [-0.3, -0.25) is 4.79 Å². The average molecular weight is 335 g/mol. The quantitative estimate of drug-likeness (QED) is 0.806. The maximum Gasteiger partial charge on any atom is 0.338 e. The Kier molecular flexibility index (Phi) is 4.90. The van der Waals surface area contributed by atoms with Gasteiger partial charge in [0.1, 0.15) is 10.8 Å². The van der Waals surface area contributed by atoms with Crippen molar-refractivity contribution >= 4 is 17.6 Å². The maximum atomic E-state index is 12.0. The number of aromatic nitrogens is 2. The van der Waals surface area contributed by atoms with Gasteiger partial charge < -0.3 is 4.74 Å². The summed E-state index contributed by atoms with van der Waals surface area (Å²) < 4.78 is 6.63. The van der Waals surface area contributed by atoms with Gasteiger partial charge in [-0.15, -0.1) is 0 Å². The lowest BCUT2D eigenvalue weighted by atomic mass is 10.1. The van der Waals surface area contributed by atoms with Crippen LogP contribution < -0.4 is 5.56 Å². The van der Waals surface area contributed by atoms with Crippen LogP contribution in [0.5, 0.6) is 0 Å². The highest BCUT2D eigenvalue weighted by atomic mass is 35.5. The predicted octanol–water partition coefficient (Wildman–Crippen LogP) is 3.46. The zero-order valence-electron chi connectivity index (χ0n) is 13.5. The zero-order chi connectivity index (χ0) is 17.2. The SMILES string of the molecule is C[C@@H](c1ccc(C(=O)OC(C)(C)C)cc1)n1nc(Cl)ccc1=O. The molecule has 0 N–H and O–H groups in total. The first-order valence-electron chi connectivity index (χ1n) is 7.26. The first-order valence-corrected chi connectivity index (χ1v) is 7.64. The molecule has 0 aliphatic heterocycles. The van der Waals surface area contributed by atoms with Crippen LogP contribution in [0.15, 0.2) is 41.2 Å². The zero-order valence-corrected chi connectivity index (χ0v) is 14.3. The van der Waals surface area contributed by atoms with E-state index in [0.29, 0.717) is 5.56 Å². The smallest absolute Gasteiger partial charge is 0.338 e. The Labute approximate surface area is 139 Å². The fourth-order valence-electron chi connectivity index (χ4n) is 2.06. The highest BCUT2D eigenvalue weighted by Gasteiger charge is 2.18. The molecule has 122 valence electrons. The molecule has 1 atom stereocenters. The van der Waals surface area contributed by atoms with E-state index in [-0.39, 0.29) is 22.7 Å². The normalized spacial score (nSPS) is 12.7. The number of rotatable bonds is 3. The molecule has 0 aliphatic rings. The lowest BCUT2D eigenvalue weighted by Crippen LogP contribution is -2.26. The molecule has 2 rings (SSSR count). The van der Waals surface area contributed by atoms with Gasteiger partial charge in [0.05, 0.1) is 11.6 Å². The Bertz CT molecular complexity index is 761. The Morgan fingerprint density at radius 1 is 1.17 bits per heavy atom. The van der Waals surface area contributed by atoms with E-state index in [2.05, 4.69) is 5.10 Å². The minimum atomic E-state index is -0.541. The topological polar surface area (TPSA) is 61.2 Å². The molecule has 0 radical (unpaired) electrons. The number of carbonyl (C=O) groups excluding carboxylic acids is 1. The average Bonchev–Trinajstić information content (AvgIpc) is 2.47. The van der Waals surface area contributed by atoms with Crippen molar-refractivity contribution in [1.82, 2.24) is 9.78 Å². The van der Waals surface area contributed by atoms with E-state index in [1.54, 1.807) is 24.3 Å². The van der Waals surface area contributed by atoms with E-state index >= 15 is 0 Å². The summed E-state index contributed by atoms with van der Waals surface area (Å²) in [4.78, 5) is 23.9. The summed E-state index contributed by atoms with van der Waals surface area (Å²) in [5, 5.41) is 4.28. The Morgan fingerprint density at radius 2 is 1.78 bits per heavy atom. The van der Waals surface area contributed by atoms with Gasteiger partial charge in [-0.2, -0.15) is 5.10 Å². The van der Waals surface area contributed by atoms with Crippen LogP contribution in [0.25, 0.3) is 0 Å². The van der Waals surface area contributed by atoms with Crippen LogP contribution in [-0.4, -0.2) is 21.4 Å². The second-order valence-corrected chi connectivity index (χ2v) is 6.63. The van der Waals surface area contributed by atoms with E-state index in [9.17, 15) is 9.59 Å². The first-order chi connectivity index (χ1) is 10.7. The molecule has 6 heteroatoms. The summed E-state index contributed by atoms with van der Waals surface area (Å²) in [6.07, 6.45) is 0. The minimum Gasteiger partial charge on any atom is -0.456 e. The predicted molar refractivity (Wildman–Crippen MR) is 88.9 cm³/mol. The first kappa shape index (κ1) is 17.2. The van der Waals surface area contributed by atoms with Crippen LogP contribution in [0.3, 0.4) is 0 Å². The summed E-state index contributed by atoms with van der Waals surface area (Å²) in [7, 11) is 0. The van der Waals surface area contributed by atoms with Crippen LogP contribution in [0, 0.1) is 0 Å². The van der Waals surface area contributed by atoms with Gasteiger partial charge in [0.25, 0.3) is 5.56 Å². The standard InChI is InChI=1S/C17H19ClN2O3/c1-11(20-15(21)10-9-14(18)19-20)12-5-7-13(8-6-12)16(22)23-17(2,3)4/h5-11H,1-4H3/t11-/m0/s1. The molecule has 0 unspecified atom stereocenters. The Balaban J connectivity index is 2.24. The molecule has 0 aliphatic carbocycles. The summed E-state index contributed by atoms with van der Waals surface area (Å²) in [5.74, 6) is -0.380. The molecular formula is C17H19ClN2O3. The Hall–Kier alpha value is -2.14. The third-order valence-corrected chi connectivity index (χ3v) is 3.39. The summed E-state index contributed by atoms with van der Waals surface area (Å²) in [6, 6.07) is 9.44. The minimum absolute atomic E-state index is 0.238. The number of halogens is 1. The van der Waals surface area contributed by atoms with Crippen LogP contribution >= 0.6 is 11.6 Å². The molecule has 0 spiro atoms. The van der Waals surface area contributed by atoms with Crippen molar-refractivity contribution in [3.63, 3.8) is 0 Å². The van der Waals surface area contributed by atoms with Crippen molar-refractivity contribution < 1.29 is 9.53 Å². The van der Waals surface area contributed by atoms with Gasteiger partial charge >= 0.3 is 5.97 Å². The number of nitrogens with zero attached hydrogens (tertiary/aromatic N) is 2. The van der Waals surface area contributed by atoms with Crippen molar-refractivity contribution in [1.29, 1.82) is 0 Å². The fourth-order valence-corrected chi connectivity index (χ4v) is 2.20. The molecule has 2 aromatic rings. The van der Waals surface area contributed by atoms with Crippen LogP contribution in [0.1, 0.15) is 49.7 Å². The second-order valence-electron chi connectivity index (χ2n) is 6.24. The number of carbonyl (C=O) groups is 1. The molecule has 5 nitrogen and oxygen atoms in total. The van der Waals surface area contributed by atoms with Crippen LogP contribution in [-0.2, 0) is 4.74 Å². The highest BCUT2D eigenvalue weighted by Crippen LogP contribution is 2.18. The van der Waals surface area contributed by atoms with E-state index in [4.69, 9.17) is 16.3 Å². The molecule has 0 saturated carbocycles. The molecule has 23 heavy (non-hydrogen) atoms. The van der Waals surface area contributed by atoms with Gasteiger partial charge in [0, 0.05) is 6.07 Å². The lowest BCUT2D eigenvalue weighted by molar-refractivity contribution is 0.00695. The lowest BCUT2D eigenvalue weighted by Gasteiger charge is -2.20. The number of esters is 1. The highest BCUT2D eigenvalue weighted by molar-refractivity contribution is 6.29. The largest absolute Gasteiger partial charge is 0.456 e. The third-order valence-electron chi connectivity index (χ3n) is 3.19. The molecule has 1 heterocycles. The maximum absolute atomic E-state index is 12.0. The van der Waals surface area contributed by atoms with Crippen molar-refractivity contribution in [2.24, 2.45) is 0 Å².